The van der Waals surface area contributed by atoms with Crippen LogP contribution in [-0.2, 0) is 14.6 Å². The third kappa shape index (κ3) is 7.60. The van der Waals surface area contributed by atoms with Crippen LogP contribution in [0, 0.1) is 0 Å². The lowest BCUT2D eigenvalue weighted by atomic mass is 10.7. The smallest absolute Gasteiger partial charge is 0.217 e. The van der Waals surface area contributed by atoms with Gasteiger partial charge in [0, 0.05) is 6.08 Å². The van der Waals surface area contributed by atoms with Gasteiger partial charge in [-0.05, 0) is 0 Å². The molecule has 0 aromatic carbocycles. The van der Waals surface area contributed by atoms with Gasteiger partial charge in [0.15, 0.2) is 0 Å². The Balaban J connectivity index is 0.000000226. The number of rotatable bonds is 1. The van der Waals surface area contributed by atoms with Crippen molar-refractivity contribution in [3.63, 3.8) is 0 Å². The van der Waals surface area contributed by atoms with Crippen molar-refractivity contribution < 1.29 is 21.7 Å². The molecule has 0 aliphatic carbocycles. The third-order valence-electron chi connectivity index (χ3n) is 1.11. The zero-order valence-electron chi connectivity index (χ0n) is 7.67. The van der Waals surface area contributed by atoms with E-state index in [4.69, 9.17) is 0 Å². The van der Waals surface area contributed by atoms with E-state index in [1.807, 2.05) is 26.4 Å². The molecule has 0 atom stereocenters. The second-order valence-electron chi connectivity index (χ2n) is 2.66. The van der Waals surface area contributed by atoms with Crippen LogP contribution in [0.25, 0.3) is 0 Å². The van der Waals surface area contributed by atoms with Gasteiger partial charge in [0.25, 0.3) is 0 Å². The van der Waals surface area contributed by atoms with Gasteiger partial charge < -0.3 is 4.55 Å². The maximum Gasteiger partial charge on any atom is 0.217 e. The van der Waals surface area contributed by atoms with Crippen molar-refractivity contribution in [1.29, 1.82) is 0 Å². The Morgan fingerprint density at radius 2 is 1.92 bits per heavy atom. The zero-order chi connectivity index (χ0) is 10.5. The maximum absolute atomic E-state index is 9.22. The Morgan fingerprint density at radius 1 is 1.46 bits per heavy atom. The molecule has 0 amide bonds. The van der Waals surface area contributed by atoms with Gasteiger partial charge in [-0.1, -0.05) is 5.10 Å². The first-order valence-corrected chi connectivity index (χ1v) is 4.69. The minimum Gasteiger partial charge on any atom is -0.726 e. The van der Waals surface area contributed by atoms with Crippen LogP contribution in [0.15, 0.2) is 17.4 Å². The standard InChI is InChI=1S/C5H9N2.CH4O4S/c1-7(2)5-3-4-6-7;1-5-6(2,3)4/h3-5H,1-2H3;1H3,(H,2,3,4)/q+1;/p-1. The lowest BCUT2D eigenvalue weighted by Gasteiger charge is -2.10. The molecule has 1 rings (SSSR count). The van der Waals surface area contributed by atoms with Crippen LogP contribution in [-0.4, -0.2) is 45.0 Å². The average Bonchev–Trinajstić information content (AvgIpc) is 2.34. The summed E-state index contributed by atoms with van der Waals surface area (Å²) in [4.78, 5) is 0. The SMILES string of the molecule is COS(=O)(=O)[O-].C[N+]1(C)C=CC=N1. The van der Waals surface area contributed by atoms with E-state index in [1.54, 1.807) is 6.21 Å². The van der Waals surface area contributed by atoms with Gasteiger partial charge in [-0.2, -0.15) is 4.59 Å². The quantitative estimate of drug-likeness (QED) is 0.336. The molecule has 0 saturated heterocycles. The molecule has 1 aliphatic heterocycles. The fourth-order valence-electron chi connectivity index (χ4n) is 0.498. The van der Waals surface area contributed by atoms with Crippen LogP contribution in [0.3, 0.4) is 0 Å². The van der Waals surface area contributed by atoms with Gasteiger partial charge in [0.2, 0.25) is 10.4 Å². The molecule has 0 saturated carbocycles. The minimum atomic E-state index is -4.41. The van der Waals surface area contributed by atoms with Gasteiger partial charge >= 0.3 is 0 Å². The highest BCUT2D eigenvalue weighted by Gasteiger charge is 2.09. The Morgan fingerprint density at radius 3 is 2.00 bits per heavy atom. The summed E-state index contributed by atoms with van der Waals surface area (Å²) in [5, 5.41) is 4.07. The Kier molecular flexibility index (Phi) is 4.21. The normalized spacial score (nSPS) is 18.2. The Bertz CT molecular complexity index is 291. The van der Waals surface area contributed by atoms with E-state index in [-0.39, 0.29) is 0 Å². The number of hydrogen-bond acceptors (Lipinski definition) is 5. The zero-order valence-corrected chi connectivity index (χ0v) is 8.48. The number of nitrogens with zero attached hydrogens (tertiary/aromatic N) is 2. The molecule has 0 bridgehead atoms. The summed E-state index contributed by atoms with van der Waals surface area (Å²) in [5.41, 5.74) is 0. The largest absolute Gasteiger partial charge is 0.726 e. The van der Waals surface area contributed by atoms with Crippen LogP contribution in [0.1, 0.15) is 0 Å². The minimum absolute atomic E-state index is 0.639. The van der Waals surface area contributed by atoms with Gasteiger partial charge in [-0.3, -0.25) is 4.18 Å². The molecule has 0 aromatic heterocycles. The van der Waals surface area contributed by atoms with Gasteiger partial charge in [0.1, 0.15) is 6.20 Å². The fraction of sp³-hybridized carbons (Fsp3) is 0.500. The van der Waals surface area contributed by atoms with Crippen molar-refractivity contribution in [2.75, 3.05) is 21.2 Å². The van der Waals surface area contributed by atoms with E-state index in [0.717, 1.165) is 7.11 Å². The first-order chi connectivity index (χ1) is 5.77. The highest BCUT2D eigenvalue weighted by molar-refractivity contribution is 7.80. The number of allylic oxidation sites excluding steroid dienone is 1. The first-order valence-electron chi connectivity index (χ1n) is 3.35. The Hall–Kier alpha value is -0.760. The van der Waals surface area contributed by atoms with Crippen molar-refractivity contribution in [1.82, 2.24) is 0 Å². The molecule has 0 fully saturated rings. The highest BCUT2D eigenvalue weighted by atomic mass is 32.3. The second-order valence-corrected chi connectivity index (χ2v) is 3.81. The summed E-state index contributed by atoms with van der Waals surface area (Å²) in [6, 6.07) is 0. The molecule has 13 heavy (non-hydrogen) atoms. The molecule has 0 spiro atoms. The number of hydrogen-bond donors (Lipinski definition) is 0. The van der Waals surface area contributed by atoms with Crippen LogP contribution < -0.4 is 0 Å². The number of quaternary nitrogens is 1. The van der Waals surface area contributed by atoms with E-state index in [1.165, 1.54) is 0 Å². The summed E-state index contributed by atoms with van der Waals surface area (Å²) >= 11 is 0. The topological polar surface area (TPSA) is 78.8 Å². The van der Waals surface area contributed by atoms with Crippen molar-refractivity contribution in [3.8, 4) is 0 Å². The Labute approximate surface area is 77.7 Å². The molecule has 1 aliphatic rings. The van der Waals surface area contributed by atoms with Crippen molar-refractivity contribution >= 4 is 16.6 Å². The molecular formula is C6H12N2O4S. The van der Waals surface area contributed by atoms with Crippen LogP contribution in [0.4, 0.5) is 0 Å². The van der Waals surface area contributed by atoms with Gasteiger partial charge in [-0.15, -0.1) is 0 Å². The van der Waals surface area contributed by atoms with E-state index in [2.05, 4.69) is 9.28 Å². The predicted molar refractivity (Wildman–Crippen MR) is 46.4 cm³/mol. The van der Waals surface area contributed by atoms with E-state index in [9.17, 15) is 13.0 Å². The molecule has 0 unspecified atom stereocenters. The second kappa shape index (κ2) is 4.47. The summed E-state index contributed by atoms with van der Waals surface area (Å²) in [7, 11) is 0.424. The summed E-state index contributed by atoms with van der Waals surface area (Å²) in [5.74, 6) is 0. The van der Waals surface area contributed by atoms with Crippen LogP contribution in [0.2, 0.25) is 0 Å². The van der Waals surface area contributed by atoms with Crippen molar-refractivity contribution in [2.45, 2.75) is 0 Å². The molecule has 7 heteroatoms. The molecule has 0 radical (unpaired) electrons. The molecular weight excluding hydrogens is 196 g/mol. The summed E-state index contributed by atoms with van der Waals surface area (Å²) in [6.07, 6.45) is 5.76. The predicted octanol–water partition coefficient (Wildman–Crippen LogP) is -0.331. The van der Waals surface area contributed by atoms with Crippen LogP contribution >= 0.6 is 0 Å². The highest BCUT2D eigenvalue weighted by Crippen LogP contribution is 2.02. The average molecular weight is 208 g/mol. The molecule has 0 aromatic rings. The van der Waals surface area contributed by atoms with Crippen LogP contribution in [0.5, 0.6) is 0 Å². The van der Waals surface area contributed by atoms with Crippen molar-refractivity contribution in [3.05, 3.63) is 12.3 Å². The van der Waals surface area contributed by atoms with Gasteiger partial charge in [0.05, 0.1) is 27.4 Å². The van der Waals surface area contributed by atoms with E-state index < -0.39 is 10.4 Å². The first kappa shape index (κ1) is 12.2. The maximum atomic E-state index is 9.22. The summed E-state index contributed by atoms with van der Waals surface area (Å²) in [6.45, 7) is 0. The molecule has 6 nitrogen and oxygen atoms in total. The van der Waals surface area contributed by atoms with E-state index in [0.29, 0.717) is 4.59 Å². The monoisotopic (exact) mass is 208 g/mol. The molecule has 1 heterocycles. The lowest BCUT2D eigenvalue weighted by molar-refractivity contribution is -0.842. The lowest BCUT2D eigenvalue weighted by Crippen LogP contribution is -2.22. The van der Waals surface area contributed by atoms with E-state index >= 15 is 0 Å². The summed E-state index contributed by atoms with van der Waals surface area (Å²) < 4.78 is 31.7. The fourth-order valence-corrected chi connectivity index (χ4v) is 0.498. The molecule has 76 valence electrons. The van der Waals surface area contributed by atoms with Gasteiger partial charge in [-0.25, -0.2) is 8.42 Å². The van der Waals surface area contributed by atoms with Crippen molar-refractivity contribution in [2.24, 2.45) is 5.10 Å². The molecule has 0 N–H and O–H groups in total. The third-order valence-corrected chi connectivity index (χ3v) is 1.51.